The van der Waals surface area contributed by atoms with Gasteiger partial charge in [0.2, 0.25) is 0 Å². The summed E-state index contributed by atoms with van der Waals surface area (Å²) < 4.78 is 68.3. The van der Waals surface area contributed by atoms with Crippen LogP contribution in [0.5, 0.6) is 0 Å². The maximum Gasteiger partial charge on any atom is 0.472 e. The Morgan fingerprint density at radius 3 is 0.789 bits per heavy atom. The van der Waals surface area contributed by atoms with Crippen molar-refractivity contribution in [1.29, 1.82) is 0 Å². The summed E-state index contributed by atoms with van der Waals surface area (Å²) in [5, 5.41) is 10.6. The van der Waals surface area contributed by atoms with Crippen LogP contribution in [-0.2, 0) is 65.4 Å². The van der Waals surface area contributed by atoms with Gasteiger partial charge in [-0.05, 0) is 37.5 Å². The molecule has 0 heterocycles. The molecule has 0 spiro atoms. The molecule has 7 atom stereocenters. The van der Waals surface area contributed by atoms with Crippen molar-refractivity contribution in [1.82, 2.24) is 0 Å². The first-order valence-electron chi connectivity index (χ1n) is 37.1. The number of rotatable bonds is 70. The Bertz CT molecular complexity index is 1760. The minimum atomic E-state index is -4.95. The predicted molar refractivity (Wildman–Crippen MR) is 363 cm³/mol. The van der Waals surface area contributed by atoms with Crippen LogP contribution in [0.4, 0.5) is 0 Å². The van der Waals surface area contributed by atoms with Gasteiger partial charge in [0.25, 0.3) is 0 Å². The molecule has 0 aromatic rings. The zero-order valence-electron chi connectivity index (χ0n) is 58.4. The number of ether oxygens (including phenoxy) is 4. The van der Waals surface area contributed by atoms with Crippen molar-refractivity contribution in [3.05, 3.63) is 0 Å². The fourth-order valence-corrected chi connectivity index (χ4v) is 12.3. The summed E-state index contributed by atoms with van der Waals surface area (Å²) in [4.78, 5) is 72.6. The van der Waals surface area contributed by atoms with Gasteiger partial charge >= 0.3 is 39.5 Å². The third kappa shape index (κ3) is 62.2. The van der Waals surface area contributed by atoms with E-state index < -0.39 is 97.5 Å². The van der Waals surface area contributed by atoms with Crippen molar-refractivity contribution in [2.24, 2.45) is 11.8 Å². The molecule has 0 fully saturated rings. The molecule has 0 aliphatic heterocycles. The molecular formula is C71H138O17P2. The number of phosphoric ester groups is 2. The number of aliphatic hydroxyl groups is 1. The fraction of sp³-hybridized carbons (Fsp3) is 0.944. The average molecular weight is 1330 g/mol. The van der Waals surface area contributed by atoms with Crippen molar-refractivity contribution in [3.8, 4) is 0 Å². The molecule has 3 N–H and O–H groups in total. The zero-order valence-corrected chi connectivity index (χ0v) is 60.2. The molecule has 19 heteroatoms. The third-order valence-corrected chi connectivity index (χ3v) is 19.1. The van der Waals surface area contributed by atoms with Gasteiger partial charge in [-0.15, -0.1) is 0 Å². The number of esters is 4. The van der Waals surface area contributed by atoms with E-state index in [2.05, 4.69) is 41.5 Å². The molecule has 0 aromatic heterocycles. The topological polar surface area (TPSA) is 237 Å². The molecule has 0 bridgehead atoms. The largest absolute Gasteiger partial charge is 0.472 e. The summed E-state index contributed by atoms with van der Waals surface area (Å²) in [7, 11) is -9.90. The summed E-state index contributed by atoms with van der Waals surface area (Å²) >= 11 is 0. The highest BCUT2D eigenvalue weighted by Crippen LogP contribution is 2.45. The minimum Gasteiger partial charge on any atom is -0.462 e. The van der Waals surface area contributed by atoms with Crippen LogP contribution in [0.1, 0.15) is 363 Å². The molecule has 534 valence electrons. The first kappa shape index (κ1) is 88.1. The molecule has 0 amide bonds. The quantitative estimate of drug-likeness (QED) is 0.0222. The van der Waals surface area contributed by atoms with Gasteiger partial charge in [-0.2, -0.15) is 0 Å². The van der Waals surface area contributed by atoms with Crippen LogP contribution in [0.2, 0.25) is 0 Å². The van der Waals surface area contributed by atoms with Gasteiger partial charge in [0, 0.05) is 25.7 Å². The molecule has 90 heavy (non-hydrogen) atoms. The second kappa shape index (κ2) is 63.1. The lowest BCUT2D eigenvalue weighted by Gasteiger charge is -2.21. The SMILES string of the molecule is CCCCCCCCCCCCCCCCC(=O)OC[C@H](COP(=O)(O)OC[C@@H](O)COP(=O)(O)OC[C@@H](COC(=O)CCCCCCCCC(C)CC)OC(=O)CCCCCCCCCCC(C)CC)OC(=O)CCCCCCCCCCCCCCCC. The molecule has 4 unspecified atom stereocenters. The lowest BCUT2D eigenvalue weighted by Crippen LogP contribution is -2.30. The van der Waals surface area contributed by atoms with Crippen LogP contribution in [-0.4, -0.2) is 96.7 Å². The monoisotopic (exact) mass is 1320 g/mol. The van der Waals surface area contributed by atoms with E-state index in [9.17, 15) is 43.2 Å². The molecular weight excluding hydrogens is 1190 g/mol. The first-order valence-corrected chi connectivity index (χ1v) is 40.1. The molecule has 0 radical (unpaired) electrons. The van der Waals surface area contributed by atoms with E-state index >= 15 is 0 Å². The molecule has 0 saturated heterocycles. The van der Waals surface area contributed by atoms with Gasteiger partial charge in [0.05, 0.1) is 26.4 Å². The second-order valence-electron chi connectivity index (χ2n) is 26.1. The van der Waals surface area contributed by atoms with Crippen LogP contribution in [0.3, 0.4) is 0 Å². The fourth-order valence-electron chi connectivity index (χ4n) is 10.7. The van der Waals surface area contributed by atoms with Gasteiger partial charge in [-0.3, -0.25) is 37.3 Å². The summed E-state index contributed by atoms with van der Waals surface area (Å²) in [6.07, 6.45) is 48.4. The Morgan fingerprint density at radius 2 is 0.533 bits per heavy atom. The van der Waals surface area contributed by atoms with E-state index in [1.54, 1.807) is 0 Å². The van der Waals surface area contributed by atoms with Crippen molar-refractivity contribution < 1.29 is 80.2 Å². The molecule has 17 nitrogen and oxygen atoms in total. The number of aliphatic hydroxyl groups excluding tert-OH is 1. The number of carbonyl (C=O) groups excluding carboxylic acids is 4. The molecule has 0 aromatic carbocycles. The van der Waals surface area contributed by atoms with Gasteiger partial charge in [-0.1, -0.05) is 311 Å². The van der Waals surface area contributed by atoms with Gasteiger partial charge in [0.1, 0.15) is 19.3 Å². The van der Waals surface area contributed by atoms with Crippen LogP contribution in [0, 0.1) is 11.8 Å². The third-order valence-electron chi connectivity index (χ3n) is 17.2. The summed E-state index contributed by atoms with van der Waals surface area (Å²) in [6, 6.07) is 0. The highest BCUT2D eigenvalue weighted by molar-refractivity contribution is 7.47. The first-order chi connectivity index (χ1) is 43.4. The van der Waals surface area contributed by atoms with Crippen molar-refractivity contribution in [2.75, 3.05) is 39.6 Å². The summed E-state index contributed by atoms with van der Waals surface area (Å²) in [5.74, 6) is -0.623. The Hall–Kier alpha value is -1.94. The van der Waals surface area contributed by atoms with E-state index in [0.717, 1.165) is 108 Å². The standard InChI is InChI=1S/C71H138O17P2/c1-7-11-13-15-17-19-21-23-25-27-29-34-41-47-53-68(73)81-59-66(87-70(75)55-49-43-35-30-28-26-24-22-20-18-16-14-12-8-2)61-85-89(77,78)83-57-65(72)58-84-90(79,80)86-62-67(60-82-69(74)54-48-42-38-37-40-46-52-64(6)10-4)88-71(76)56-50-44-36-32-31-33-39-45-51-63(5)9-3/h63-67,72H,7-62H2,1-6H3,(H,77,78)(H,79,80)/t63?,64?,65-,66-,67-/m1/s1. The Balaban J connectivity index is 5.26. The Labute approximate surface area is 549 Å². The van der Waals surface area contributed by atoms with Crippen LogP contribution >= 0.6 is 15.6 Å². The van der Waals surface area contributed by atoms with Gasteiger partial charge < -0.3 is 33.8 Å². The van der Waals surface area contributed by atoms with E-state index in [-0.39, 0.29) is 25.7 Å². The van der Waals surface area contributed by atoms with E-state index in [0.29, 0.717) is 25.7 Å². The lowest BCUT2D eigenvalue weighted by molar-refractivity contribution is -0.161. The summed E-state index contributed by atoms with van der Waals surface area (Å²) in [5.41, 5.74) is 0. The van der Waals surface area contributed by atoms with Crippen LogP contribution < -0.4 is 0 Å². The number of unbranched alkanes of at least 4 members (excludes halogenated alkanes) is 38. The van der Waals surface area contributed by atoms with Gasteiger partial charge in [-0.25, -0.2) is 9.13 Å². The van der Waals surface area contributed by atoms with Gasteiger partial charge in [0.15, 0.2) is 12.2 Å². The van der Waals surface area contributed by atoms with E-state index in [4.69, 9.17) is 37.0 Å². The number of hydrogen-bond donors (Lipinski definition) is 3. The van der Waals surface area contributed by atoms with Crippen molar-refractivity contribution >= 4 is 39.5 Å². The summed E-state index contributed by atoms with van der Waals surface area (Å²) in [6.45, 7) is 9.52. The maximum absolute atomic E-state index is 13.0. The predicted octanol–water partition coefficient (Wildman–Crippen LogP) is 20.4. The average Bonchev–Trinajstić information content (AvgIpc) is 3.73. The van der Waals surface area contributed by atoms with Crippen LogP contribution in [0.25, 0.3) is 0 Å². The molecule has 0 aliphatic carbocycles. The van der Waals surface area contributed by atoms with Crippen LogP contribution in [0.15, 0.2) is 0 Å². The Kier molecular flexibility index (Phi) is 61.8. The lowest BCUT2D eigenvalue weighted by atomic mass is 9.99. The normalized spacial score (nSPS) is 14.7. The highest BCUT2D eigenvalue weighted by Gasteiger charge is 2.30. The second-order valence-corrected chi connectivity index (χ2v) is 29.0. The van der Waals surface area contributed by atoms with Crippen molar-refractivity contribution in [2.45, 2.75) is 381 Å². The molecule has 0 rings (SSSR count). The number of carbonyl (C=O) groups is 4. The Morgan fingerprint density at radius 1 is 0.311 bits per heavy atom. The number of hydrogen-bond acceptors (Lipinski definition) is 15. The molecule has 0 aliphatic rings. The van der Waals surface area contributed by atoms with Crippen molar-refractivity contribution in [3.63, 3.8) is 0 Å². The highest BCUT2D eigenvalue weighted by atomic mass is 31.2. The number of phosphoric acid groups is 2. The maximum atomic E-state index is 13.0. The smallest absolute Gasteiger partial charge is 0.462 e. The van der Waals surface area contributed by atoms with E-state index in [1.807, 2.05) is 0 Å². The zero-order chi connectivity index (χ0) is 66.5. The molecule has 0 saturated carbocycles. The minimum absolute atomic E-state index is 0.104. The van der Waals surface area contributed by atoms with E-state index in [1.165, 1.54) is 173 Å².